The molecule has 1 aliphatic heterocycles. The number of hydrogen-bond acceptors (Lipinski definition) is 5. The lowest BCUT2D eigenvalue weighted by atomic mass is 10.1. The van der Waals surface area contributed by atoms with Gasteiger partial charge in [0, 0.05) is 31.8 Å². The van der Waals surface area contributed by atoms with Crippen LogP contribution in [-0.4, -0.2) is 47.8 Å². The fourth-order valence-corrected chi connectivity index (χ4v) is 4.81. The van der Waals surface area contributed by atoms with E-state index in [4.69, 9.17) is 0 Å². The van der Waals surface area contributed by atoms with Gasteiger partial charge in [-0.05, 0) is 18.6 Å². The van der Waals surface area contributed by atoms with Crippen LogP contribution in [0.2, 0.25) is 0 Å². The van der Waals surface area contributed by atoms with Gasteiger partial charge in [-0.15, -0.1) is 0 Å². The highest BCUT2D eigenvalue weighted by Crippen LogP contribution is 2.31. The van der Waals surface area contributed by atoms with E-state index in [0.29, 0.717) is 0 Å². The Morgan fingerprint density at radius 3 is 2.62 bits per heavy atom. The first-order valence-electron chi connectivity index (χ1n) is 8.09. The highest BCUT2D eigenvalue weighted by molar-refractivity contribution is 7.91. The van der Waals surface area contributed by atoms with Gasteiger partial charge in [0.1, 0.15) is 11.5 Å². The molecule has 1 fully saturated rings. The number of amides is 1. The Kier molecular flexibility index (Phi) is 4.90. The standard InChI is InChI=1S/C17H18FN3O4S/c1-20-16(22)7-6-14(19-20)17(23)21-9-8-15(26(24,25)11-10-21)12-4-2-3-5-13(12)18/h2-7,15H,8-11H2,1H3/t15-/m0/s1. The Morgan fingerprint density at radius 2 is 1.92 bits per heavy atom. The van der Waals surface area contributed by atoms with Crippen molar-refractivity contribution in [3.05, 3.63) is 63.8 Å². The second-order valence-electron chi connectivity index (χ2n) is 6.14. The second kappa shape index (κ2) is 6.99. The van der Waals surface area contributed by atoms with Crippen LogP contribution in [-0.2, 0) is 16.9 Å². The SMILES string of the molecule is Cn1nc(C(=O)N2CC[C@@H](c3ccccc3F)S(=O)(=O)CC2)ccc1=O. The zero-order valence-corrected chi connectivity index (χ0v) is 14.9. The smallest absolute Gasteiger partial charge is 0.274 e. The first-order valence-corrected chi connectivity index (χ1v) is 9.81. The monoisotopic (exact) mass is 379 g/mol. The number of halogens is 1. The second-order valence-corrected chi connectivity index (χ2v) is 8.44. The summed E-state index contributed by atoms with van der Waals surface area (Å²) in [5.74, 6) is -1.28. The van der Waals surface area contributed by atoms with E-state index in [9.17, 15) is 22.4 Å². The molecule has 2 heterocycles. The number of hydrogen-bond donors (Lipinski definition) is 0. The molecule has 0 aliphatic carbocycles. The number of sulfone groups is 1. The highest BCUT2D eigenvalue weighted by Gasteiger charge is 2.34. The molecule has 0 bridgehead atoms. The molecule has 1 aliphatic rings. The van der Waals surface area contributed by atoms with Crippen molar-refractivity contribution in [3.8, 4) is 0 Å². The predicted octanol–water partition coefficient (Wildman–Crippen LogP) is 0.921. The molecule has 26 heavy (non-hydrogen) atoms. The molecule has 3 rings (SSSR count). The molecule has 0 unspecified atom stereocenters. The summed E-state index contributed by atoms with van der Waals surface area (Å²) in [4.78, 5) is 25.4. The summed E-state index contributed by atoms with van der Waals surface area (Å²) in [5.41, 5.74) is -0.157. The van der Waals surface area contributed by atoms with E-state index < -0.39 is 26.8 Å². The molecule has 138 valence electrons. The average molecular weight is 379 g/mol. The van der Waals surface area contributed by atoms with Gasteiger partial charge in [0.25, 0.3) is 11.5 Å². The minimum absolute atomic E-state index is 0.00333. The minimum atomic E-state index is -3.61. The van der Waals surface area contributed by atoms with Crippen molar-refractivity contribution < 1.29 is 17.6 Å². The number of rotatable bonds is 2. The van der Waals surface area contributed by atoms with Crippen molar-refractivity contribution in [2.75, 3.05) is 18.8 Å². The maximum atomic E-state index is 14.1. The number of aromatic nitrogens is 2. The van der Waals surface area contributed by atoms with Crippen molar-refractivity contribution in [2.45, 2.75) is 11.7 Å². The van der Waals surface area contributed by atoms with Gasteiger partial charge in [-0.1, -0.05) is 18.2 Å². The number of carbonyl (C=O) groups is 1. The van der Waals surface area contributed by atoms with E-state index in [0.717, 1.165) is 4.68 Å². The molecular formula is C17H18FN3O4S. The van der Waals surface area contributed by atoms with Crippen LogP contribution in [0.5, 0.6) is 0 Å². The minimum Gasteiger partial charge on any atom is -0.336 e. The fourth-order valence-electron chi connectivity index (χ4n) is 3.01. The summed E-state index contributed by atoms with van der Waals surface area (Å²) in [6.45, 7) is 0.151. The third-order valence-corrected chi connectivity index (χ3v) is 6.57. The molecular weight excluding hydrogens is 361 g/mol. The fraction of sp³-hybridized carbons (Fsp3) is 0.353. The Labute approximate surface area is 150 Å². The van der Waals surface area contributed by atoms with Crippen molar-refractivity contribution in [1.82, 2.24) is 14.7 Å². The van der Waals surface area contributed by atoms with Crippen LogP contribution in [0.4, 0.5) is 4.39 Å². The molecule has 1 saturated heterocycles. The van der Waals surface area contributed by atoms with E-state index in [2.05, 4.69) is 5.10 Å². The lowest BCUT2D eigenvalue weighted by Gasteiger charge is -2.19. The summed E-state index contributed by atoms with van der Waals surface area (Å²) in [7, 11) is -2.18. The van der Waals surface area contributed by atoms with Crippen molar-refractivity contribution >= 4 is 15.7 Å². The molecule has 7 nitrogen and oxygen atoms in total. The molecule has 1 atom stereocenters. The highest BCUT2D eigenvalue weighted by atomic mass is 32.2. The molecule has 9 heteroatoms. The Balaban J connectivity index is 1.86. The van der Waals surface area contributed by atoms with E-state index in [1.807, 2.05) is 0 Å². The van der Waals surface area contributed by atoms with Crippen LogP contribution in [0.15, 0.2) is 41.2 Å². The maximum absolute atomic E-state index is 14.1. The van der Waals surface area contributed by atoms with Gasteiger partial charge in [-0.2, -0.15) is 5.10 Å². The van der Waals surface area contributed by atoms with Crippen molar-refractivity contribution in [3.63, 3.8) is 0 Å². The molecule has 0 N–H and O–H groups in total. The van der Waals surface area contributed by atoms with E-state index >= 15 is 0 Å². The Morgan fingerprint density at radius 1 is 1.19 bits per heavy atom. The van der Waals surface area contributed by atoms with Crippen LogP contribution >= 0.6 is 0 Å². The van der Waals surface area contributed by atoms with E-state index in [1.54, 1.807) is 6.07 Å². The van der Waals surface area contributed by atoms with Crippen LogP contribution < -0.4 is 5.56 Å². The third kappa shape index (κ3) is 3.52. The van der Waals surface area contributed by atoms with Crippen LogP contribution in [0.25, 0.3) is 0 Å². The molecule has 1 aromatic heterocycles. The molecule has 1 amide bonds. The van der Waals surface area contributed by atoms with Gasteiger partial charge in [-0.3, -0.25) is 9.59 Å². The lowest BCUT2D eigenvalue weighted by Crippen LogP contribution is -2.35. The third-order valence-electron chi connectivity index (χ3n) is 4.46. The molecule has 0 spiro atoms. The van der Waals surface area contributed by atoms with Crippen LogP contribution in [0, 0.1) is 5.82 Å². The largest absolute Gasteiger partial charge is 0.336 e. The number of benzene rings is 1. The zero-order chi connectivity index (χ0) is 18.9. The first kappa shape index (κ1) is 18.2. The van der Waals surface area contributed by atoms with Crippen molar-refractivity contribution in [1.29, 1.82) is 0 Å². The lowest BCUT2D eigenvalue weighted by molar-refractivity contribution is 0.0758. The number of nitrogens with zero attached hydrogens (tertiary/aromatic N) is 3. The molecule has 1 aromatic carbocycles. The van der Waals surface area contributed by atoms with E-state index in [1.165, 1.54) is 42.3 Å². The summed E-state index contributed by atoms with van der Waals surface area (Å²) in [5, 5.41) is 2.92. The average Bonchev–Trinajstić information content (AvgIpc) is 2.75. The summed E-state index contributed by atoms with van der Waals surface area (Å²) >= 11 is 0. The van der Waals surface area contributed by atoms with Gasteiger partial charge in [0.2, 0.25) is 0 Å². The molecule has 0 radical (unpaired) electrons. The van der Waals surface area contributed by atoms with Gasteiger partial charge in [0.15, 0.2) is 9.84 Å². The summed E-state index contributed by atoms with van der Waals surface area (Å²) in [6.07, 6.45) is 0.0980. The van der Waals surface area contributed by atoms with Crippen LogP contribution in [0.3, 0.4) is 0 Å². The summed E-state index contributed by atoms with van der Waals surface area (Å²) < 4.78 is 40.3. The van der Waals surface area contributed by atoms with Crippen molar-refractivity contribution in [2.24, 2.45) is 7.05 Å². The van der Waals surface area contributed by atoms with Crippen LogP contribution in [0.1, 0.15) is 27.7 Å². The molecule has 0 saturated carbocycles. The predicted molar refractivity (Wildman–Crippen MR) is 92.9 cm³/mol. The topological polar surface area (TPSA) is 89.3 Å². The molecule has 2 aromatic rings. The normalized spacial score (nSPS) is 19.8. The zero-order valence-electron chi connectivity index (χ0n) is 14.1. The van der Waals surface area contributed by atoms with Gasteiger partial charge < -0.3 is 4.90 Å². The van der Waals surface area contributed by atoms with Gasteiger partial charge >= 0.3 is 0 Å². The van der Waals surface area contributed by atoms with E-state index in [-0.39, 0.29) is 42.1 Å². The quantitative estimate of drug-likeness (QED) is 0.774. The number of carbonyl (C=O) groups excluding carboxylic acids is 1. The van der Waals surface area contributed by atoms with Gasteiger partial charge in [-0.25, -0.2) is 17.5 Å². The maximum Gasteiger partial charge on any atom is 0.274 e. The van der Waals surface area contributed by atoms with Gasteiger partial charge in [0.05, 0.1) is 11.0 Å². The number of aryl methyl sites for hydroxylation is 1. The Hall–Kier alpha value is -2.55. The summed E-state index contributed by atoms with van der Waals surface area (Å²) in [6, 6.07) is 8.34. The first-order chi connectivity index (χ1) is 12.3. The Bertz CT molecular complexity index is 1000.